The Morgan fingerprint density at radius 2 is 2.21 bits per heavy atom. The van der Waals surface area contributed by atoms with E-state index in [2.05, 4.69) is 22.3 Å². The first-order chi connectivity index (χ1) is 9.19. The third-order valence-electron chi connectivity index (χ3n) is 3.51. The summed E-state index contributed by atoms with van der Waals surface area (Å²) in [6.45, 7) is 1.91. The fraction of sp³-hybridized carbons (Fsp3) is 0.500. The molecule has 1 unspecified atom stereocenters. The highest BCUT2D eigenvalue weighted by atomic mass is 16.5. The molecular weight excluding hydrogens is 240 g/mol. The zero-order valence-corrected chi connectivity index (χ0v) is 11.6. The first kappa shape index (κ1) is 13.7. The number of guanidine groups is 1. The average Bonchev–Trinajstić information content (AvgIpc) is 2.83. The molecule has 0 saturated carbocycles. The minimum atomic E-state index is 0.463. The molecular formula is C14H22N4O. The summed E-state index contributed by atoms with van der Waals surface area (Å²) in [5.74, 6) is 1.29. The van der Waals surface area contributed by atoms with Gasteiger partial charge in [0.05, 0.1) is 13.7 Å². The van der Waals surface area contributed by atoms with Gasteiger partial charge in [-0.2, -0.15) is 0 Å². The van der Waals surface area contributed by atoms with Gasteiger partial charge in [-0.3, -0.25) is 4.99 Å². The van der Waals surface area contributed by atoms with Crippen molar-refractivity contribution in [2.75, 3.05) is 32.6 Å². The normalized spacial score (nSPS) is 20.5. The number of aliphatic imine (C=N–C) groups is 1. The zero-order valence-electron chi connectivity index (χ0n) is 11.6. The number of rotatable bonds is 4. The van der Waals surface area contributed by atoms with Crippen LogP contribution in [0.4, 0.5) is 5.69 Å². The van der Waals surface area contributed by atoms with Gasteiger partial charge in [-0.1, -0.05) is 0 Å². The molecule has 0 radical (unpaired) electrons. The molecule has 0 aliphatic carbocycles. The topological polar surface area (TPSA) is 62.9 Å². The number of likely N-dealkylation sites (tertiary alicyclic amines) is 1. The van der Waals surface area contributed by atoms with Crippen LogP contribution in [0.5, 0.6) is 5.75 Å². The lowest BCUT2D eigenvalue weighted by molar-refractivity contribution is 0.317. The van der Waals surface area contributed by atoms with Gasteiger partial charge < -0.3 is 20.7 Å². The van der Waals surface area contributed by atoms with Gasteiger partial charge >= 0.3 is 0 Å². The summed E-state index contributed by atoms with van der Waals surface area (Å²) in [4.78, 5) is 6.74. The molecule has 0 bridgehead atoms. The maximum Gasteiger partial charge on any atom is 0.193 e. The Morgan fingerprint density at radius 3 is 2.79 bits per heavy atom. The van der Waals surface area contributed by atoms with E-state index in [0.29, 0.717) is 12.0 Å². The maximum atomic E-state index is 5.89. The van der Waals surface area contributed by atoms with Gasteiger partial charge in [0.25, 0.3) is 0 Å². The minimum absolute atomic E-state index is 0.463. The smallest absolute Gasteiger partial charge is 0.193 e. The second-order valence-electron chi connectivity index (χ2n) is 4.86. The molecule has 1 atom stereocenters. The monoisotopic (exact) mass is 262 g/mol. The predicted octanol–water partition coefficient (Wildman–Crippen LogP) is 1.52. The van der Waals surface area contributed by atoms with Crippen LogP contribution in [0, 0.1) is 0 Å². The number of hydrogen-bond acceptors (Lipinski definition) is 3. The number of nitrogens with one attached hydrogen (secondary N) is 1. The van der Waals surface area contributed by atoms with Gasteiger partial charge in [-0.05, 0) is 50.7 Å². The zero-order chi connectivity index (χ0) is 13.7. The van der Waals surface area contributed by atoms with Crippen LogP contribution >= 0.6 is 0 Å². The number of hydrogen-bond donors (Lipinski definition) is 2. The molecule has 1 aromatic carbocycles. The largest absolute Gasteiger partial charge is 0.497 e. The Balaban J connectivity index is 1.86. The number of anilines is 1. The van der Waals surface area contributed by atoms with Crippen molar-refractivity contribution in [3.8, 4) is 5.75 Å². The lowest BCUT2D eigenvalue weighted by Crippen LogP contribution is -2.30. The summed E-state index contributed by atoms with van der Waals surface area (Å²) in [5, 5.41) is 3.09. The molecule has 3 N–H and O–H groups in total. The summed E-state index contributed by atoms with van der Waals surface area (Å²) < 4.78 is 5.11. The van der Waals surface area contributed by atoms with Crippen LogP contribution < -0.4 is 15.8 Å². The van der Waals surface area contributed by atoms with Gasteiger partial charge in [-0.15, -0.1) is 0 Å². The average molecular weight is 262 g/mol. The van der Waals surface area contributed by atoms with E-state index in [4.69, 9.17) is 10.5 Å². The fourth-order valence-corrected chi connectivity index (χ4v) is 2.28. The van der Waals surface area contributed by atoms with Crippen LogP contribution in [-0.4, -0.2) is 44.1 Å². The molecule has 1 aromatic rings. The van der Waals surface area contributed by atoms with Crippen LogP contribution in [-0.2, 0) is 0 Å². The SMILES string of the molecule is COc1ccc(NC(N)=NCC2CCCN2C)cc1. The summed E-state index contributed by atoms with van der Waals surface area (Å²) in [6.07, 6.45) is 2.46. The lowest BCUT2D eigenvalue weighted by atomic mass is 10.2. The summed E-state index contributed by atoms with van der Waals surface area (Å²) >= 11 is 0. The van der Waals surface area contributed by atoms with Crippen molar-refractivity contribution in [3.05, 3.63) is 24.3 Å². The third kappa shape index (κ3) is 3.86. The van der Waals surface area contributed by atoms with Gasteiger partial charge in [-0.25, -0.2) is 0 Å². The van der Waals surface area contributed by atoms with E-state index in [1.165, 1.54) is 12.8 Å². The van der Waals surface area contributed by atoms with Crippen molar-refractivity contribution in [1.82, 2.24) is 4.90 Å². The highest BCUT2D eigenvalue weighted by Gasteiger charge is 2.19. The second kappa shape index (κ2) is 6.43. The molecule has 0 amide bonds. The van der Waals surface area contributed by atoms with Crippen LogP contribution in [0.25, 0.3) is 0 Å². The predicted molar refractivity (Wildman–Crippen MR) is 78.8 cm³/mol. The van der Waals surface area contributed by atoms with Crippen molar-refractivity contribution < 1.29 is 4.74 Å². The van der Waals surface area contributed by atoms with E-state index in [-0.39, 0.29) is 0 Å². The Morgan fingerprint density at radius 1 is 1.47 bits per heavy atom. The van der Waals surface area contributed by atoms with Crippen molar-refractivity contribution in [1.29, 1.82) is 0 Å². The highest BCUT2D eigenvalue weighted by molar-refractivity contribution is 5.92. The number of methoxy groups -OCH3 is 1. The van der Waals surface area contributed by atoms with E-state index in [0.717, 1.165) is 24.5 Å². The number of likely N-dealkylation sites (N-methyl/N-ethyl adjacent to an activating group) is 1. The van der Waals surface area contributed by atoms with Crippen molar-refractivity contribution >= 4 is 11.6 Å². The van der Waals surface area contributed by atoms with Crippen LogP contribution in [0.15, 0.2) is 29.3 Å². The molecule has 19 heavy (non-hydrogen) atoms. The van der Waals surface area contributed by atoms with Crippen LogP contribution in [0.1, 0.15) is 12.8 Å². The van der Waals surface area contributed by atoms with Crippen molar-refractivity contribution in [2.45, 2.75) is 18.9 Å². The summed E-state index contributed by atoms with van der Waals surface area (Å²) in [7, 11) is 3.79. The first-order valence-corrected chi connectivity index (χ1v) is 6.60. The molecule has 5 heteroatoms. The van der Waals surface area contributed by atoms with E-state index in [1.807, 2.05) is 24.3 Å². The highest BCUT2D eigenvalue weighted by Crippen LogP contribution is 2.16. The van der Waals surface area contributed by atoms with Crippen LogP contribution in [0.3, 0.4) is 0 Å². The molecule has 1 aliphatic rings. The molecule has 1 fully saturated rings. The van der Waals surface area contributed by atoms with E-state index in [1.54, 1.807) is 7.11 Å². The second-order valence-corrected chi connectivity index (χ2v) is 4.86. The van der Waals surface area contributed by atoms with E-state index >= 15 is 0 Å². The first-order valence-electron chi connectivity index (χ1n) is 6.60. The van der Waals surface area contributed by atoms with Gasteiger partial charge in [0.15, 0.2) is 5.96 Å². The Bertz CT molecular complexity index is 430. The molecule has 1 heterocycles. The molecule has 2 rings (SSSR count). The molecule has 104 valence electrons. The number of nitrogens with zero attached hydrogens (tertiary/aromatic N) is 2. The Kier molecular flexibility index (Phi) is 4.63. The quantitative estimate of drug-likeness (QED) is 0.638. The molecule has 5 nitrogen and oxygen atoms in total. The number of benzene rings is 1. The number of ether oxygens (including phenoxy) is 1. The van der Waals surface area contributed by atoms with Gasteiger partial charge in [0.1, 0.15) is 5.75 Å². The van der Waals surface area contributed by atoms with Crippen molar-refractivity contribution in [2.24, 2.45) is 10.7 Å². The van der Waals surface area contributed by atoms with Crippen LogP contribution in [0.2, 0.25) is 0 Å². The summed E-state index contributed by atoms with van der Waals surface area (Å²) in [6, 6.07) is 8.14. The minimum Gasteiger partial charge on any atom is -0.497 e. The van der Waals surface area contributed by atoms with Gasteiger partial charge in [0.2, 0.25) is 0 Å². The summed E-state index contributed by atoms with van der Waals surface area (Å²) in [5.41, 5.74) is 6.81. The van der Waals surface area contributed by atoms with Crippen molar-refractivity contribution in [3.63, 3.8) is 0 Å². The standard InChI is InChI=1S/C14H22N4O/c1-18-9-3-4-12(18)10-16-14(15)17-11-5-7-13(19-2)8-6-11/h5-8,12H,3-4,9-10H2,1-2H3,(H3,15,16,17). The third-order valence-corrected chi connectivity index (χ3v) is 3.51. The van der Waals surface area contributed by atoms with E-state index < -0.39 is 0 Å². The maximum absolute atomic E-state index is 5.89. The number of nitrogens with two attached hydrogens (primary N) is 1. The Labute approximate surface area is 114 Å². The Hall–Kier alpha value is -1.75. The lowest BCUT2D eigenvalue weighted by Gasteiger charge is -2.17. The van der Waals surface area contributed by atoms with E-state index in [9.17, 15) is 0 Å². The van der Waals surface area contributed by atoms with Gasteiger partial charge in [0, 0.05) is 11.7 Å². The fourth-order valence-electron chi connectivity index (χ4n) is 2.28. The molecule has 0 spiro atoms. The molecule has 1 aliphatic heterocycles. The molecule has 0 aromatic heterocycles. The molecule has 1 saturated heterocycles.